The van der Waals surface area contributed by atoms with E-state index in [9.17, 15) is 4.39 Å². The van der Waals surface area contributed by atoms with Gasteiger partial charge in [-0.25, -0.2) is 4.39 Å². The molecule has 0 radical (unpaired) electrons. The van der Waals surface area contributed by atoms with E-state index < -0.39 is 0 Å². The molecular formula is C15H16FIN2S. The molecule has 3 N–H and O–H groups in total. The summed E-state index contributed by atoms with van der Waals surface area (Å²) in [5, 5.41) is 0. The molecule has 1 unspecified atom stereocenters. The molecule has 2 aromatic rings. The minimum atomic E-state index is -0.178. The predicted octanol–water partition coefficient (Wildman–Crippen LogP) is 3.60. The fraction of sp³-hybridized carbons (Fsp3) is 0.200. The zero-order valence-electron chi connectivity index (χ0n) is 10.9. The first-order valence-electron chi connectivity index (χ1n) is 6.27. The van der Waals surface area contributed by atoms with Gasteiger partial charge in [0.05, 0.1) is 0 Å². The van der Waals surface area contributed by atoms with Crippen LogP contribution < -0.4 is 11.3 Å². The van der Waals surface area contributed by atoms with Crippen LogP contribution in [0.3, 0.4) is 0 Å². The Morgan fingerprint density at radius 3 is 2.50 bits per heavy atom. The van der Waals surface area contributed by atoms with E-state index in [1.165, 1.54) is 27.0 Å². The summed E-state index contributed by atoms with van der Waals surface area (Å²) in [6.07, 6.45) is 0.828. The third kappa shape index (κ3) is 4.73. The van der Waals surface area contributed by atoms with Gasteiger partial charge in [-0.2, -0.15) is 0 Å². The number of thioether (sulfide) groups is 1. The molecule has 0 aliphatic carbocycles. The van der Waals surface area contributed by atoms with Crippen LogP contribution in [0.1, 0.15) is 5.56 Å². The highest BCUT2D eigenvalue weighted by molar-refractivity contribution is 14.1. The smallest absolute Gasteiger partial charge is 0.136 e. The van der Waals surface area contributed by atoms with Crippen molar-refractivity contribution in [3.8, 4) is 0 Å². The molecule has 0 amide bonds. The SMILES string of the molecule is NNC(CSc1ccccc1F)Cc1ccc(I)cc1. The van der Waals surface area contributed by atoms with Crippen LogP contribution in [0.4, 0.5) is 4.39 Å². The number of halogens is 2. The average molecular weight is 402 g/mol. The Hall–Kier alpha value is -0.630. The van der Waals surface area contributed by atoms with Gasteiger partial charge in [0.15, 0.2) is 0 Å². The van der Waals surface area contributed by atoms with Crippen molar-refractivity contribution in [3.63, 3.8) is 0 Å². The van der Waals surface area contributed by atoms with Crippen molar-refractivity contribution in [2.24, 2.45) is 5.84 Å². The van der Waals surface area contributed by atoms with E-state index in [1.54, 1.807) is 12.1 Å². The molecule has 0 bridgehead atoms. The highest BCUT2D eigenvalue weighted by Gasteiger charge is 2.10. The van der Waals surface area contributed by atoms with E-state index in [2.05, 4.69) is 52.3 Å². The van der Waals surface area contributed by atoms with Gasteiger partial charge in [0.2, 0.25) is 0 Å². The lowest BCUT2D eigenvalue weighted by Crippen LogP contribution is -2.38. The lowest BCUT2D eigenvalue weighted by atomic mass is 10.1. The standard InChI is InChI=1S/C15H16FIN2S/c16-14-3-1-2-4-15(14)20-10-13(19-18)9-11-5-7-12(17)8-6-11/h1-8,13,19H,9-10,18H2. The summed E-state index contributed by atoms with van der Waals surface area (Å²) in [7, 11) is 0. The highest BCUT2D eigenvalue weighted by Crippen LogP contribution is 2.22. The molecule has 0 aromatic heterocycles. The average Bonchev–Trinajstić information content (AvgIpc) is 2.47. The van der Waals surface area contributed by atoms with Gasteiger partial charge in [-0.15, -0.1) is 11.8 Å². The van der Waals surface area contributed by atoms with Gasteiger partial charge in [-0.3, -0.25) is 11.3 Å². The van der Waals surface area contributed by atoms with Crippen molar-refractivity contribution >= 4 is 34.4 Å². The Morgan fingerprint density at radius 1 is 1.15 bits per heavy atom. The van der Waals surface area contributed by atoms with E-state index >= 15 is 0 Å². The number of nitrogens with one attached hydrogen (secondary N) is 1. The zero-order chi connectivity index (χ0) is 14.4. The molecule has 0 saturated carbocycles. The molecule has 2 rings (SSSR count). The van der Waals surface area contributed by atoms with E-state index in [-0.39, 0.29) is 11.9 Å². The maximum absolute atomic E-state index is 13.5. The molecule has 2 nitrogen and oxygen atoms in total. The van der Waals surface area contributed by atoms with Crippen LogP contribution in [-0.4, -0.2) is 11.8 Å². The lowest BCUT2D eigenvalue weighted by molar-refractivity contribution is 0.573. The number of benzene rings is 2. The molecule has 106 valence electrons. The second-order valence-corrected chi connectivity index (χ2v) is 6.74. The summed E-state index contributed by atoms with van der Waals surface area (Å²) >= 11 is 3.76. The highest BCUT2D eigenvalue weighted by atomic mass is 127. The van der Waals surface area contributed by atoms with E-state index in [0.29, 0.717) is 4.90 Å². The first-order valence-corrected chi connectivity index (χ1v) is 8.33. The molecule has 0 saturated heterocycles. The van der Waals surface area contributed by atoms with Gasteiger partial charge in [0.25, 0.3) is 0 Å². The molecule has 2 aromatic carbocycles. The summed E-state index contributed by atoms with van der Waals surface area (Å²) in [6.45, 7) is 0. The van der Waals surface area contributed by atoms with E-state index in [1.807, 2.05) is 6.07 Å². The summed E-state index contributed by atoms with van der Waals surface area (Å²) in [6, 6.07) is 15.3. The topological polar surface area (TPSA) is 38.0 Å². The first-order chi connectivity index (χ1) is 9.69. The number of hydrogen-bond acceptors (Lipinski definition) is 3. The minimum absolute atomic E-state index is 0.111. The van der Waals surface area contributed by atoms with Gasteiger partial charge in [0, 0.05) is 20.3 Å². The molecule has 0 aliphatic heterocycles. The van der Waals surface area contributed by atoms with Crippen molar-refractivity contribution in [2.75, 3.05) is 5.75 Å². The van der Waals surface area contributed by atoms with Crippen LogP contribution in [0.15, 0.2) is 53.4 Å². The number of rotatable bonds is 6. The Kier molecular flexibility index (Phi) is 6.28. The largest absolute Gasteiger partial charge is 0.271 e. The lowest BCUT2D eigenvalue weighted by Gasteiger charge is -2.15. The van der Waals surface area contributed by atoms with Crippen molar-refractivity contribution in [1.82, 2.24) is 5.43 Å². The zero-order valence-corrected chi connectivity index (χ0v) is 13.8. The summed E-state index contributed by atoms with van der Waals surface area (Å²) in [5.74, 6) is 6.14. The third-order valence-electron chi connectivity index (χ3n) is 2.91. The quantitative estimate of drug-likeness (QED) is 0.336. The Morgan fingerprint density at radius 2 is 1.85 bits per heavy atom. The molecule has 0 aliphatic rings. The van der Waals surface area contributed by atoms with Crippen LogP contribution in [0.2, 0.25) is 0 Å². The van der Waals surface area contributed by atoms with Crippen molar-refractivity contribution in [1.29, 1.82) is 0 Å². The molecule has 5 heteroatoms. The van der Waals surface area contributed by atoms with Crippen molar-refractivity contribution in [2.45, 2.75) is 17.4 Å². The molecule has 1 atom stereocenters. The van der Waals surface area contributed by atoms with Gasteiger partial charge in [-0.1, -0.05) is 24.3 Å². The maximum Gasteiger partial charge on any atom is 0.136 e. The summed E-state index contributed by atoms with van der Waals surface area (Å²) < 4.78 is 14.8. The molecule has 0 spiro atoms. The Balaban J connectivity index is 1.92. The van der Waals surface area contributed by atoms with Crippen LogP contribution in [0.25, 0.3) is 0 Å². The molecule has 0 fully saturated rings. The minimum Gasteiger partial charge on any atom is -0.271 e. The van der Waals surface area contributed by atoms with Gasteiger partial charge in [0.1, 0.15) is 5.82 Å². The second kappa shape index (κ2) is 7.97. The van der Waals surface area contributed by atoms with Crippen molar-refractivity contribution in [3.05, 3.63) is 63.5 Å². The Labute approximate surface area is 136 Å². The van der Waals surface area contributed by atoms with Crippen LogP contribution in [-0.2, 0) is 6.42 Å². The number of hydrazine groups is 1. The first kappa shape index (κ1) is 15.8. The maximum atomic E-state index is 13.5. The van der Waals surface area contributed by atoms with E-state index in [0.717, 1.165) is 12.2 Å². The predicted molar refractivity (Wildman–Crippen MR) is 91.1 cm³/mol. The van der Waals surface area contributed by atoms with Crippen LogP contribution >= 0.6 is 34.4 Å². The molecular weight excluding hydrogens is 386 g/mol. The van der Waals surface area contributed by atoms with Crippen molar-refractivity contribution < 1.29 is 4.39 Å². The second-order valence-electron chi connectivity index (χ2n) is 4.44. The van der Waals surface area contributed by atoms with Crippen LogP contribution in [0.5, 0.6) is 0 Å². The van der Waals surface area contributed by atoms with Gasteiger partial charge < -0.3 is 0 Å². The third-order valence-corrected chi connectivity index (χ3v) is 4.84. The van der Waals surface area contributed by atoms with Gasteiger partial charge in [-0.05, 0) is 58.8 Å². The number of hydrogen-bond donors (Lipinski definition) is 2. The Bertz CT molecular complexity index is 548. The molecule has 20 heavy (non-hydrogen) atoms. The fourth-order valence-corrected chi connectivity index (χ4v) is 3.16. The summed E-state index contributed by atoms with van der Waals surface area (Å²) in [5.41, 5.74) is 4.03. The van der Waals surface area contributed by atoms with Gasteiger partial charge >= 0.3 is 0 Å². The summed E-state index contributed by atoms with van der Waals surface area (Å²) in [4.78, 5) is 0.662. The molecule has 0 heterocycles. The number of nitrogens with two attached hydrogens (primary N) is 1. The normalized spacial score (nSPS) is 12.3. The fourth-order valence-electron chi connectivity index (χ4n) is 1.82. The monoisotopic (exact) mass is 402 g/mol. The van der Waals surface area contributed by atoms with E-state index in [4.69, 9.17) is 5.84 Å². The van der Waals surface area contributed by atoms with Crippen LogP contribution in [0, 0.1) is 9.39 Å².